The van der Waals surface area contributed by atoms with Gasteiger partial charge in [-0.2, -0.15) is 0 Å². The maximum atomic E-state index is 13.4. The molecule has 0 unspecified atom stereocenters. The third-order valence-electron chi connectivity index (χ3n) is 6.01. The van der Waals surface area contributed by atoms with Crippen molar-refractivity contribution >= 4 is 17.7 Å². The van der Waals surface area contributed by atoms with E-state index in [9.17, 15) is 9.59 Å². The average Bonchev–Trinajstić information content (AvgIpc) is 3.01. The van der Waals surface area contributed by atoms with Crippen LogP contribution in [-0.4, -0.2) is 23.0 Å². The standard InChI is InChI=1S/C28H30N2O4/c1-3-24(21-13-9-6-10-14-21)30-18-22-17-23(15-16-26(22)34-25(4-2)27(30)31)29-28(32)33-19-20-11-7-5-8-12-20/h5-17,24-25H,3-4,18-19H2,1-2H3,(H,29,32)/t24-,25+/m0/s1. The van der Waals surface area contributed by atoms with Crippen LogP contribution in [0.15, 0.2) is 78.9 Å². The van der Waals surface area contributed by atoms with Crippen LogP contribution in [0.2, 0.25) is 0 Å². The fourth-order valence-corrected chi connectivity index (χ4v) is 4.26. The highest BCUT2D eigenvalue weighted by molar-refractivity contribution is 5.85. The first-order chi connectivity index (χ1) is 16.6. The van der Waals surface area contributed by atoms with Crippen molar-refractivity contribution in [3.05, 3.63) is 95.6 Å². The molecular formula is C28H30N2O4. The number of fused-ring (bicyclic) bond motifs is 1. The van der Waals surface area contributed by atoms with Crippen molar-refractivity contribution in [3.63, 3.8) is 0 Å². The first-order valence-electron chi connectivity index (χ1n) is 11.7. The van der Waals surface area contributed by atoms with Gasteiger partial charge in [-0.05, 0) is 42.2 Å². The molecule has 34 heavy (non-hydrogen) atoms. The molecule has 6 nitrogen and oxygen atoms in total. The zero-order valence-electron chi connectivity index (χ0n) is 19.6. The Labute approximate surface area is 200 Å². The number of amides is 2. The van der Waals surface area contributed by atoms with Crippen molar-refractivity contribution in [2.75, 3.05) is 5.32 Å². The third kappa shape index (κ3) is 5.39. The number of hydrogen-bond acceptors (Lipinski definition) is 4. The number of carbonyl (C=O) groups is 2. The Balaban J connectivity index is 1.54. The zero-order chi connectivity index (χ0) is 23.9. The molecule has 0 aromatic heterocycles. The lowest BCUT2D eigenvalue weighted by Gasteiger charge is -2.32. The van der Waals surface area contributed by atoms with Gasteiger partial charge >= 0.3 is 6.09 Å². The average molecular weight is 459 g/mol. The molecule has 4 rings (SSSR count). The molecule has 0 saturated carbocycles. The summed E-state index contributed by atoms with van der Waals surface area (Å²) in [6.45, 7) is 4.62. The third-order valence-corrected chi connectivity index (χ3v) is 6.01. The molecule has 0 radical (unpaired) electrons. The highest BCUT2D eigenvalue weighted by Gasteiger charge is 2.34. The number of rotatable bonds is 7. The van der Waals surface area contributed by atoms with Gasteiger partial charge in [-0.25, -0.2) is 4.79 Å². The summed E-state index contributed by atoms with van der Waals surface area (Å²) in [5.74, 6) is 0.639. The van der Waals surface area contributed by atoms with Crippen LogP contribution in [0.5, 0.6) is 5.75 Å². The summed E-state index contributed by atoms with van der Waals surface area (Å²) in [4.78, 5) is 27.7. The molecule has 176 valence electrons. The van der Waals surface area contributed by atoms with Gasteiger partial charge in [-0.3, -0.25) is 10.1 Å². The number of benzene rings is 3. The molecule has 0 bridgehead atoms. The minimum absolute atomic E-state index is 0.0221. The van der Waals surface area contributed by atoms with Crippen molar-refractivity contribution in [2.45, 2.75) is 52.0 Å². The van der Waals surface area contributed by atoms with E-state index in [2.05, 4.69) is 24.4 Å². The topological polar surface area (TPSA) is 67.9 Å². The normalized spacial score (nSPS) is 16.1. The molecule has 2 amide bonds. The second-order valence-electron chi connectivity index (χ2n) is 8.32. The summed E-state index contributed by atoms with van der Waals surface area (Å²) in [5, 5.41) is 2.79. The van der Waals surface area contributed by atoms with Gasteiger partial charge < -0.3 is 14.4 Å². The van der Waals surface area contributed by atoms with E-state index in [-0.39, 0.29) is 18.6 Å². The van der Waals surface area contributed by atoms with Crippen LogP contribution in [0.4, 0.5) is 10.5 Å². The van der Waals surface area contributed by atoms with E-state index >= 15 is 0 Å². The largest absolute Gasteiger partial charge is 0.480 e. The van der Waals surface area contributed by atoms with Crippen LogP contribution in [0, 0.1) is 0 Å². The Kier molecular flexibility index (Phi) is 7.48. The fourth-order valence-electron chi connectivity index (χ4n) is 4.26. The maximum Gasteiger partial charge on any atom is 0.411 e. The quantitative estimate of drug-likeness (QED) is 0.465. The van der Waals surface area contributed by atoms with Gasteiger partial charge in [-0.15, -0.1) is 0 Å². The fraction of sp³-hybridized carbons (Fsp3) is 0.286. The molecule has 0 fully saturated rings. The molecule has 1 heterocycles. The first-order valence-corrected chi connectivity index (χ1v) is 11.7. The van der Waals surface area contributed by atoms with Gasteiger partial charge in [0.2, 0.25) is 0 Å². The van der Waals surface area contributed by atoms with E-state index in [0.717, 1.165) is 23.1 Å². The smallest absolute Gasteiger partial charge is 0.411 e. The second kappa shape index (κ2) is 10.9. The molecule has 3 aromatic carbocycles. The van der Waals surface area contributed by atoms with Crippen LogP contribution in [0.25, 0.3) is 0 Å². The predicted octanol–water partition coefficient (Wildman–Crippen LogP) is 6.09. The Hall–Kier alpha value is -3.80. The van der Waals surface area contributed by atoms with Gasteiger partial charge in [0.1, 0.15) is 12.4 Å². The molecule has 6 heteroatoms. The van der Waals surface area contributed by atoms with E-state index in [4.69, 9.17) is 9.47 Å². The van der Waals surface area contributed by atoms with Gasteiger partial charge in [-0.1, -0.05) is 74.5 Å². The lowest BCUT2D eigenvalue weighted by atomic mass is 10.0. The molecule has 1 aliphatic rings. The first kappa shape index (κ1) is 23.4. The van der Waals surface area contributed by atoms with Crippen LogP contribution in [0.1, 0.15) is 49.4 Å². The van der Waals surface area contributed by atoms with Crippen LogP contribution in [-0.2, 0) is 22.7 Å². The predicted molar refractivity (Wildman–Crippen MR) is 131 cm³/mol. The Bertz CT molecular complexity index is 1120. The van der Waals surface area contributed by atoms with E-state index in [1.54, 1.807) is 6.07 Å². The van der Waals surface area contributed by atoms with Crippen molar-refractivity contribution in [1.29, 1.82) is 0 Å². The number of nitrogens with zero attached hydrogens (tertiary/aromatic N) is 1. The van der Waals surface area contributed by atoms with E-state index in [1.807, 2.05) is 72.5 Å². The minimum Gasteiger partial charge on any atom is -0.480 e. The highest BCUT2D eigenvalue weighted by atomic mass is 16.5. The number of anilines is 1. The van der Waals surface area contributed by atoms with Crippen molar-refractivity contribution in [3.8, 4) is 5.75 Å². The molecule has 0 spiro atoms. The minimum atomic E-state index is -0.548. The highest BCUT2D eigenvalue weighted by Crippen LogP contribution is 2.34. The van der Waals surface area contributed by atoms with Crippen molar-refractivity contribution in [2.24, 2.45) is 0 Å². The molecule has 0 aliphatic carbocycles. The molecule has 1 aliphatic heterocycles. The van der Waals surface area contributed by atoms with Crippen LogP contribution >= 0.6 is 0 Å². The van der Waals surface area contributed by atoms with Gasteiger partial charge in [0, 0.05) is 11.3 Å². The molecular weight excluding hydrogens is 428 g/mol. The molecule has 1 N–H and O–H groups in total. The number of carbonyl (C=O) groups excluding carboxylic acids is 2. The summed E-state index contributed by atoms with van der Waals surface area (Å²) >= 11 is 0. The van der Waals surface area contributed by atoms with E-state index in [1.165, 1.54) is 0 Å². The summed E-state index contributed by atoms with van der Waals surface area (Å²) in [7, 11) is 0. The van der Waals surface area contributed by atoms with Crippen LogP contribution < -0.4 is 10.1 Å². The SMILES string of the molecule is CC[C@H]1Oc2ccc(NC(=O)OCc3ccccc3)cc2CN([C@@H](CC)c2ccccc2)C1=O. The summed E-state index contributed by atoms with van der Waals surface area (Å²) < 4.78 is 11.5. The number of ether oxygens (including phenoxy) is 2. The second-order valence-corrected chi connectivity index (χ2v) is 8.32. The van der Waals surface area contributed by atoms with E-state index in [0.29, 0.717) is 24.4 Å². The van der Waals surface area contributed by atoms with Crippen molar-refractivity contribution < 1.29 is 19.1 Å². The summed E-state index contributed by atoms with van der Waals surface area (Å²) in [6.07, 6.45) is 0.277. The van der Waals surface area contributed by atoms with Gasteiger partial charge in [0.25, 0.3) is 5.91 Å². The molecule has 2 atom stereocenters. The Morgan fingerprint density at radius 1 is 1.06 bits per heavy atom. The summed E-state index contributed by atoms with van der Waals surface area (Å²) in [6, 6.07) is 25.0. The lowest BCUT2D eigenvalue weighted by Crippen LogP contribution is -2.41. The van der Waals surface area contributed by atoms with Gasteiger partial charge in [0.15, 0.2) is 6.10 Å². The zero-order valence-corrected chi connectivity index (χ0v) is 19.6. The maximum absolute atomic E-state index is 13.4. The van der Waals surface area contributed by atoms with Crippen molar-refractivity contribution in [1.82, 2.24) is 4.90 Å². The Morgan fingerprint density at radius 2 is 1.76 bits per heavy atom. The van der Waals surface area contributed by atoms with E-state index < -0.39 is 12.2 Å². The summed E-state index contributed by atoms with van der Waals surface area (Å²) in [5.41, 5.74) is 3.45. The number of hydrogen-bond donors (Lipinski definition) is 1. The number of nitrogens with one attached hydrogen (secondary N) is 1. The van der Waals surface area contributed by atoms with Crippen LogP contribution in [0.3, 0.4) is 0 Å². The lowest BCUT2D eigenvalue weighted by molar-refractivity contribution is -0.141. The molecule has 3 aromatic rings. The Morgan fingerprint density at radius 3 is 2.44 bits per heavy atom. The monoisotopic (exact) mass is 458 g/mol. The molecule has 0 saturated heterocycles. The van der Waals surface area contributed by atoms with Gasteiger partial charge in [0.05, 0.1) is 12.6 Å².